The summed E-state index contributed by atoms with van der Waals surface area (Å²) in [4.78, 5) is 0. The molecule has 0 fully saturated rings. The van der Waals surface area contributed by atoms with Gasteiger partial charge in [-0.2, -0.15) is 0 Å². The Kier molecular flexibility index (Phi) is 13.1. The van der Waals surface area contributed by atoms with E-state index in [2.05, 4.69) is 34.6 Å². The summed E-state index contributed by atoms with van der Waals surface area (Å²) in [6, 6.07) is 4.43. The van der Waals surface area contributed by atoms with Crippen molar-refractivity contribution in [3.63, 3.8) is 0 Å². The fourth-order valence-corrected chi connectivity index (χ4v) is 1.17. The Morgan fingerprint density at radius 2 is 1.33 bits per heavy atom. The molecule has 0 atom stereocenters. The Morgan fingerprint density at radius 3 is 1.71 bits per heavy atom. The molecule has 0 N–H and O–H groups in total. The first-order valence-corrected chi connectivity index (χ1v) is 7.88. The number of hydrogen-bond donors (Lipinski definition) is 0. The van der Waals surface area contributed by atoms with Crippen molar-refractivity contribution in [2.45, 2.75) is 61.8 Å². The standard InChI is InChI=1S/C13H19FO2.C3H8.C2H6/c1-5-15-11-6-10(14)7-12(8-11)16-9-13(2,3)4;1-3-2;1-2/h6-8H,5,9H2,1-4H3;3H2,1-2H3;1-2H3. The predicted octanol–water partition coefficient (Wildman–Crippen LogP) is 6.09. The molecule has 0 saturated carbocycles. The maximum atomic E-state index is 13.2. The van der Waals surface area contributed by atoms with Gasteiger partial charge in [-0.25, -0.2) is 4.39 Å². The zero-order valence-corrected chi connectivity index (χ0v) is 15.0. The van der Waals surface area contributed by atoms with E-state index in [-0.39, 0.29) is 11.2 Å². The normalized spacial score (nSPS) is 9.76. The molecule has 0 unspecified atom stereocenters. The van der Waals surface area contributed by atoms with Crippen LogP contribution < -0.4 is 9.47 Å². The Hall–Kier alpha value is -1.25. The molecule has 124 valence electrons. The van der Waals surface area contributed by atoms with Gasteiger partial charge in [-0.05, 0) is 12.3 Å². The average Bonchev–Trinajstić information content (AvgIpc) is 2.39. The number of ether oxygens (including phenoxy) is 2. The quantitative estimate of drug-likeness (QED) is 0.669. The molecule has 2 nitrogen and oxygen atoms in total. The third kappa shape index (κ3) is 13.5. The lowest BCUT2D eigenvalue weighted by atomic mass is 9.99. The van der Waals surface area contributed by atoms with Crippen LogP contribution in [0, 0.1) is 11.2 Å². The Bertz CT molecular complexity index is 357. The molecular formula is C18H33FO2. The highest BCUT2D eigenvalue weighted by Gasteiger charge is 2.12. The highest BCUT2D eigenvalue weighted by molar-refractivity contribution is 5.34. The smallest absolute Gasteiger partial charge is 0.130 e. The molecule has 0 heterocycles. The van der Waals surface area contributed by atoms with Crippen LogP contribution in [-0.4, -0.2) is 13.2 Å². The summed E-state index contributed by atoms with van der Waals surface area (Å²) in [7, 11) is 0. The van der Waals surface area contributed by atoms with E-state index >= 15 is 0 Å². The molecule has 1 rings (SSSR count). The molecule has 0 spiro atoms. The van der Waals surface area contributed by atoms with Gasteiger partial charge in [0, 0.05) is 18.2 Å². The van der Waals surface area contributed by atoms with Crippen molar-refractivity contribution in [2.75, 3.05) is 13.2 Å². The van der Waals surface area contributed by atoms with Crippen molar-refractivity contribution in [1.29, 1.82) is 0 Å². The summed E-state index contributed by atoms with van der Waals surface area (Å²) in [5.74, 6) is 0.680. The van der Waals surface area contributed by atoms with E-state index in [0.717, 1.165) is 0 Å². The fourth-order valence-electron chi connectivity index (χ4n) is 1.17. The SMILES string of the molecule is CC.CCC.CCOc1cc(F)cc(OCC(C)(C)C)c1. The largest absolute Gasteiger partial charge is 0.494 e. The minimum Gasteiger partial charge on any atom is -0.494 e. The molecule has 1 aromatic carbocycles. The molecule has 0 aliphatic rings. The minimum atomic E-state index is -0.338. The highest BCUT2D eigenvalue weighted by Crippen LogP contribution is 2.24. The molecule has 0 bridgehead atoms. The van der Waals surface area contributed by atoms with E-state index in [1.165, 1.54) is 18.6 Å². The third-order valence-corrected chi connectivity index (χ3v) is 1.83. The molecule has 3 heteroatoms. The van der Waals surface area contributed by atoms with Gasteiger partial charge in [-0.15, -0.1) is 0 Å². The molecule has 0 aliphatic heterocycles. The maximum Gasteiger partial charge on any atom is 0.130 e. The van der Waals surface area contributed by atoms with E-state index in [0.29, 0.717) is 24.7 Å². The summed E-state index contributed by atoms with van der Waals surface area (Å²) < 4.78 is 24.0. The van der Waals surface area contributed by atoms with Crippen molar-refractivity contribution in [3.05, 3.63) is 24.0 Å². The molecule has 0 aliphatic carbocycles. The van der Waals surface area contributed by atoms with Crippen LogP contribution in [-0.2, 0) is 0 Å². The predicted molar refractivity (Wildman–Crippen MR) is 89.8 cm³/mol. The summed E-state index contributed by atoms with van der Waals surface area (Å²) >= 11 is 0. The number of rotatable bonds is 4. The van der Waals surface area contributed by atoms with E-state index in [1.807, 2.05) is 20.8 Å². The Balaban J connectivity index is 0. The van der Waals surface area contributed by atoms with Crippen molar-refractivity contribution >= 4 is 0 Å². The second-order valence-electron chi connectivity index (χ2n) is 5.61. The van der Waals surface area contributed by atoms with E-state index in [1.54, 1.807) is 6.07 Å². The van der Waals surface area contributed by atoms with Gasteiger partial charge < -0.3 is 9.47 Å². The van der Waals surface area contributed by atoms with Crippen LogP contribution in [0.1, 0.15) is 61.8 Å². The Labute approximate surface area is 130 Å². The molecule has 1 aromatic rings. The number of halogens is 1. The van der Waals surface area contributed by atoms with Gasteiger partial charge in [0.1, 0.15) is 17.3 Å². The zero-order chi connectivity index (χ0) is 16.9. The highest BCUT2D eigenvalue weighted by atomic mass is 19.1. The van der Waals surface area contributed by atoms with Crippen LogP contribution in [0.3, 0.4) is 0 Å². The van der Waals surface area contributed by atoms with Crippen molar-refractivity contribution in [2.24, 2.45) is 5.41 Å². The second kappa shape index (κ2) is 12.5. The topological polar surface area (TPSA) is 18.5 Å². The van der Waals surface area contributed by atoms with Gasteiger partial charge in [0.05, 0.1) is 13.2 Å². The first-order valence-electron chi connectivity index (χ1n) is 7.88. The first kappa shape index (κ1) is 22.0. The van der Waals surface area contributed by atoms with Crippen LogP contribution in [0.25, 0.3) is 0 Å². The van der Waals surface area contributed by atoms with Gasteiger partial charge in [0.25, 0.3) is 0 Å². The van der Waals surface area contributed by atoms with Gasteiger partial charge in [0.2, 0.25) is 0 Å². The van der Waals surface area contributed by atoms with Crippen molar-refractivity contribution in [1.82, 2.24) is 0 Å². The fraction of sp³-hybridized carbons (Fsp3) is 0.667. The van der Waals surface area contributed by atoms with Gasteiger partial charge in [-0.1, -0.05) is 54.9 Å². The van der Waals surface area contributed by atoms with Crippen LogP contribution in [0.2, 0.25) is 0 Å². The van der Waals surface area contributed by atoms with E-state index < -0.39 is 0 Å². The molecular weight excluding hydrogens is 267 g/mol. The zero-order valence-electron chi connectivity index (χ0n) is 15.0. The van der Waals surface area contributed by atoms with Crippen LogP contribution in [0.4, 0.5) is 4.39 Å². The van der Waals surface area contributed by atoms with Crippen molar-refractivity contribution < 1.29 is 13.9 Å². The number of benzene rings is 1. The number of hydrogen-bond acceptors (Lipinski definition) is 2. The lowest BCUT2D eigenvalue weighted by Gasteiger charge is -2.19. The van der Waals surface area contributed by atoms with Gasteiger partial charge in [0.15, 0.2) is 0 Å². The lowest BCUT2D eigenvalue weighted by Crippen LogP contribution is -2.16. The van der Waals surface area contributed by atoms with Crippen LogP contribution >= 0.6 is 0 Å². The summed E-state index contributed by atoms with van der Waals surface area (Å²) in [5, 5.41) is 0. The minimum absolute atomic E-state index is 0.0537. The first-order chi connectivity index (χ1) is 9.82. The second-order valence-corrected chi connectivity index (χ2v) is 5.61. The van der Waals surface area contributed by atoms with E-state index in [4.69, 9.17) is 9.47 Å². The van der Waals surface area contributed by atoms with Gasteiger partial charge >= 0.3 is 0 Å². The molecule has 0 saturated heterocycles. The molecule has 0 aromatic heterocycles. The van der Waals surface area contributed by atoms with Gasteiger partial charge in [-0.3, -0.25) is 0 Å². The molecule has 0 radical (unpaired) electrons. The molecule has 21 heavy (non-hydrogen) atoms. The third-order valence-electron chi connectivity index (χ3n) is 1.83. The van der Waals surface area contributed by atoms with Crippen LogP contribution in [0.15, 0.2) is 18.2 Å². The lowest BCUT2D eigenvalue weighted by molar-refractivity contribution is 0.196. The summed E-state index contributed by atoms with van der Waals surface area (Å²) in [6.07, 6.45) is 1.25. The van der Waals surface area contributed by atoms with E-state index in [9.17, 15) is 4.39 Å². The maximum absolute atomic E-state index is 13.2. The Morgan fingerprint density at radius 1 is 0.905 bits per heavy atom. The van der Waals surface area contributed by atoms with Crippen LogP contribution in [0.5, 0.6) is 11.5 Å². The monoisotopic (exact) mass is 300 g/mol. The summed E-state index contributed by atoms with van der Waals surface area (Å²) in [6.45, 7) is 17.4. The average molecular weight is 300 g/mol. The summed E-state index contributed by atoms with van der Waals surface area (Å²) in [5.41, 5.74) is 0.0537. The molecule has 0 amide bonds. The van der Waals surface area contributed by atoms with Crippen molar-refractivity contribution in [3.8, 4) is 11.5 Å².